The summed E-state index contributed by atoms with van der Waals surface area (Å²) in [5.41, 5.74) is 13.4. The van der Waals surface area contributed by atoms with Gasteiger partial charge in [0.05, 0.1) is 11.4 Å². The van der Waals surface area contributed by atoms with E-state index in [2.05, 4.69) is 16.7 Å². The van der Waals surface area contributed by atoms with E-state index in [1.165, 1.54) is 0 Å². The molecule has 1 aliphatic heterocycles. The molecule has 2 rings (SSSR count). The second-order valence-corrected chi connectivity index (χ2v) is 4.56. The molecule has 0 radical (unpaired) electrons. The Morgan fingerprint density at radius 2 is 1.94 bits per heavy atom. The molecule has 1 aromatic rings. The molecule has 0 bridgehead atoms. The molecule has 5 heteroatoms. The highest BCUT2D eigenvalue weighted by atomic mass is 16.1. The Labute approximate surface area is 107 Å². The Morgan fingerprint density at radius 1 is 1.28 bits per heavy atom. The van der Waals surface area contributed by atoms with Crippen LogP contribution in [0, 0.1) is 0 Å². The largest absolute Gasteiger partial charge is 0.397 e. The molecule has 1 aliphatic rings. The van der Waals surface area contributed by atoms with Gasteiger partial charge in [-0.15, -0.1) is 0 Å². The molecule has 1 amide bonds. The lowest BCUT2D eigenvalue weighted by Gasteiger charge is -2.36. The Bertz CT molecular complexity index is 439. The number of benzene rings is 1. The number of hydrogen-bond donors (Lipinski definition) is 2. The van der Waals surface area contributed by atoms with Gasteiger partial charge in [-0.2, -0.15) is 0 Å². The van der Waals surface area contributed by atoms with Crippen LogP contribution in [0.4, 0.5) is 11.4 Å². The lowest BCUT2D eigenvalue weighted by Crippen LogP contribution is -2.46. The lowest BCUT2D eigenvalue weighted by molar-refractivity contribution is 0.100. The van der Waals surface area contributed by atoms with Crippen molar-refractivity contribution in [2.75, 3.05) is 43.4 Å². The molecule has 5 nitrogen and oxygen atoms in total. The summed E-state index contributed by atoms with van der Waals surface area (Å²) in [6.07, 6.45) is 0. The Balaban J connectivity index is 2.18. The van der Waals surface area contributed by atoms with E-state index in [9.17, 15) is 4.79 Å². The van der Waals surface area contributed by atoms with Crippen molar-refractivity contribution in [1.29, 1.82) is 0 Å². The summed E-state index contributed by atoms with van der Waals surface area (Å²) in [6.45, 7) is 7.15. The molecular weight excluding hydrogens is 228 g/mol. The van der Waals surface area contributed by atoms with Gasteiger partial charge in [-0.3, -0.25) is 4.79 Å². The first-order valence-electron chi connectivity index (χ1n) is 6.28. The van der Waals surface area contributed by atoms with Crippen LogP contribution in [0.1, 0.15) is 17.3 Å². The number of nitrogen functional groups attached to an aromatic ring is 1. The third-order valence-corrected chi connectivity index (χ3v) is 3.48. The third-order valence-electron chi connectivity index (χ3n) is 3.48. The predicted molar refractivity (Wildman–Crippen MR) is 73.7 cm³/mol. The summed E-state index contributed by atoms with van der Waals surface area (Å²) in [7, 11) is 0. The molecule has 0 aliphatic carbocycles. The van der Waals surface area contributed by atoms with Crippen molar-refractivity contribution in [3.05, 3.63) is 23.8 Å². The Kier molecular flexibility index (Phi) is 3.72. The maximum atomic E-state index is 11.2. The van der Waals surface area contributed by atoms with Gasteiger partial charge in [-0.05, 0) is 24.7 Å². The smallest absolute Gasteiger partial charge is 0.248 e. The van der Waals surface area contributed by atoms with Gasteiger partial charge in [-0.1, -0.05) is 6.92 Å². The fraction of sp³-hybridized carbons (Fsp3) is 0.462. The summed E-state index contributed by atoms with van der Waals surface area (Å²) in [5.74, 6) is -0.413. The van der Waals surface area contributed by atoms with Crippen LogP contribution in [0.2, 0.25) is 0 Å². The van der Waals surface area contributed by atoms with E-state index in [0.717, 1.165) is 38.4 Å². The minimum Gasteiger partial charge on any atom is -0.397 e. The normalized spacial score (nSPS) is 16.8. The molecule has 1 fully saturated rings. The number of likely N-dealkylation sites (N-methyl/N-ethyl adjacent to an activating group) is 1. The van der Waals surface area contributed by atoms with Crippen molar-refractivity contribution < 1.29 is 4.79 Å². The average Bonchev–Trinajstić information content (AvgIpc) is 2.39. The van der Waals surface area contributed by atoms with Crippen molar-refractivity contribution in [3.8, 4) is 0 Å². The lowest BCUT2D eigenvalue weighted by atomic mass is 10.1. The van der Waals surface area contributed by atoms with Crippen LogP contribution in [0.15, 0.2) is 18.2 Å². The molecule has 0 aromatic heterocycles. The number of nitrogens with two attached hydrogens (primary N) is 2. The van der Waals surface area contributed by atoms with Gasteiger partial charge in [0.25, 0.3) is 0 Å². The van der Waals surface area contributed by atoms with Crippen molar-refractivity contribution in [2.24, 2.45) is 5.73 Å². The van der Waals surface area contributed by atoms with Crippen LogP contribution in [-0.2, 0) is 0 Å². The van der Waals surface area contributed by atoms with Gasteiger partial charge < -0.3 is 21.3 Å². The maximum Gasteiger partial charge on any atom is 0.248 e. The highest BCUT2D eigenvalue weighted by Gasteiger charge is 2.18. The highest BCUT2D eigenvalue weighted by Crippen LogP contribution is 2.25. The molecule has 98 valence electrons. The van der Waals surface area contributed by atoms with Gasteiger partial charge in [-0.25, -0.2) is 0 Å². The second-order valence-electron chi connectivity index (χ2n) is 4.56. The molecule has 0 spiro atoms. The van der Waals surface area contributed by atoms with Crippen LogP contribution in [0.3, 0.4) is 0 Å². The van der Waals surface area contributed by atoms with Crippen molar-refractivity contribution in [1.82, 2.24) is 4.90 Å². The molecule has 0 atom stereocenters. The number of carbonyl (C=O) groups is 1. The molecule has 0 unspecified atom stereocenters. The predicted octanol–water partition coefficient (Wildman–Crippen LogP) is 0.510. The van der Waals surface area contributed by atoms with E-state index < -0.39 is 5.91 Å². The van der Waals surface area contributed by atoms with Gasteiger partial charge in [0.15, 0.2) is 0 Å². The monoisotopic (exact) mass is 248 g/mol. The topological polar surface area (TPSA) is 75.6 Å². The number of nitrogens with zero attached hydrogens (tertiary/aromatic N) is 2. The average molecular weight is 248 g/mol. The number of piperazine rings is 1. The Hall–Kier alpha value is -1.75. The van der Waals surface area contributed by atoms with Crippen LogP contribution < -0.4 is 16.4 Å². The van der Waals surface area contributed by atoms with E-state index in [0.29, 0.717) is 11.3 Å². The molecule has 4 N–H and O–H groups in total. The number of amides is 1. The van der Waals surface area contributed by atoms with Crippen LogP contribution in [0.25, 0.3) is 0 Å². The number of anilines is 2. The van der Waals surface area contributed by atoms with Gasteiger partial charge in [0, 0.05) is 31.7 Å². The summed E-state index contributed by atoms with van der Waals surface area (Å²) in [4.78, 5) is 15.8. The second kappa shape index (κ2) is 5.27. The first-order chi connectivity index (χ1) is 8.61. The van der Waals surface area contributed by atoms with Crippen LogP contribution in [-0.4, -0.2) is 43.5 Å². The zero-order valence-electron chi connectivity index (χ0n) is 10.7. The van der Waals surface area contributed by atoms with E-state index >= 15 is 0 Å². The van der Waals surface area contributed by atoms with E-state index in [1.807, 2.05) is 0 Å². The van der Waals surface area contributed by atoms with E-state index in [4.69, 9.17) is 11.5 Å². The first kappa shape index (κ1) is 12.7. The zero-order chi connectivity index (χ0) is 13.1. The highest BCUT2D eigenvalue weighted by molar-refractivity contribution is 5.95. The minimum atomic E-state index is -0.413. The molecule has 0 saturated carbocycles. The third kappa shape index (κ3) is 2.56. The fourth-order valence-corrected chi connectivity index (χ4v) is 2.28. The number of primary amides is 1. The van der Waals surface area contributed by atoms with Crippen molar-refractivity contribution in [3.63, 3.8) is 0 Å². The minimum absolute atomic E-state index is 0.413. The van der Waals surface area contributed by atoms with E-state index in [1.54, 1.807) is 18.2 Å². The summed E-state index contributed by atoms with van der Waals surface area (Å²) >= 11 is 0. The van der Waals surface area contributed by atoms with Gasteiger partial charge >= 0.3 is 0 Å². The van der Waals surface area contributed by atoms with Gasteiger partial charge in [0.1, 0.15) is 0 Å². The SMILES string of the molecule is CCN1CCN(c2cc(C(N)=O)ccc2N)CC1. The number of carbonyl (C=O) groups excluding carboxylic acids is 1. The zero-order valence-corrected chi connectivity index (χ0v) is 10.7. The van der Waals surface area contributed by atoms with Crippen molar-refractivity contribution in [2.45, 2.75) is 6.92 Å². The van der Waals surface area contributed by atoms with Gasteiger partial charge in [0.2, 0.25) is 5.91 Å². The summed E-state index contributed by atoms with van der Waals surface area (Å²) < 4.78 is 0. The molecule has 18 heavy (non-hydrogen) atoms. The fourth-order valence-electron chi connectivity index (χ4n) is 2.28. The summed E-state index contributed by atoms with van der Waals surface area (Å²) in [5, 5.41) is 0. The number of hydrogen-bond acceptors (Lipinski definition) is 4. The summed E-state index contributed by atoms with van der Waals surface area (Å²) in [6, 6.07) is 5.21. The number of rotatable bonds is 3. The standard InChI is InChI=1S/C13H20N4O/c1-2-16-5-7-17(8-6-16)12-9-10(13(15)18)3-4-11(12)14/h3-4,9H,2,5-8,14H2,1H3,(H2,15,18). The van der Waals surface area contributed by atoms with Crippen LogP contribution >= 0.6 is 0 Å². The van der Waals surface area contributed by atoms with Crippen molar-refractivity contribution >= 4 is 17.3 Å². The Morgan fingerprint density at radius 3 is 2.50 bits per heavy atom. The maximum absolute atomic E-state index is 11.2. The molecule has 1 aromatic carbocycles. The van der Waals surface area contributed by atoms with Crippen LogP contribution in [0.5, 0.6) is 0 Å². The quantitative estimate of drug-likeness (QED) is 0.764. The van der Waals surface area contributed by atoms with E-state index in [-0.39, 0.29) is 0 Å². The molecule has 1 heterocycles. The first-order valence-corrected chi connectivity index (χ1v) is 6.28. The molecular formula is C13H20N4O. The molecule has 1 saturated heterocycles.